The number of amides is 2. The van der Waals surface area contributed by atoms with Crippen molar-refractivity contribution < 1.29 is 14.3 Å². The van der Waals surface area contributed by atoms with Gasteiger partial charge in [0.05, 0.1) is 15.5 Å². The predicted molar refractivity (Wildman–Crippen MR) is 103 cm³/mol. The number of hydrogen-bond donors (Lipinski definition) is 1. The molecule has 132 valence electrons. The molecule has 5 nitrogen and oxygen atoms in total. The fraction of sp³-hybridized carbons (Fsp3) is 0.158. The third-order valence-electron chi connectivity index (χ3n) is 4.19. The van der Waals surface area contributed by atoms with Gasteiger partial charge in [-0.05, 0) is 24.3 Å². The summed E-state index contributed by atoms with van der Waals surface area (Å²) in [5, 5.41) is 4.33. The number of carbonyl (C=O) groups excluding carboxylic acids is 2. The molecule has 3 aromatic rings. The van der Waals surface area contributed by atoms with E-state index < -0.39 is 5.97 Å². The van der Waals surface area contributed by atoms with Gasteiger partial charge < -0.3 is 10.1 Å². The van der Waals surface area contributed by atoms with E-state index in [0.717, 1.165) is 15.0 Å². The maximum absolute atomic E-state index is 12.4. The topological polar surface area (TPSA) is 58.6 Å². The van der Waals surface area contributed by atoms with Crippen LogP contribution in [-0.4, -0.2) is 25.1 Å². The van der Waals surface area contributed by atoms with Gasteiger partial charge in [0.15, 0.2) is 0 Å². The summed E-state index contributed by atoms with van der Waals surface area (Å²) in [5.41, 5.74) is 1.08. The first-order valence-electron chi connectivity index (χ1n) is 8.12. The molecule has 0 aliphatic carbocycles. The molecule has 0 atom stereocenters. The van der Waals surface area contributed by atoms with Crippen LogP contribution in [0.2, 0.25) is 5.02 Å². The molecule has 4 rings (SSSR count). The van der Waals surface area contributed by atoms with Crippen molar-refractivity contribution in [1.82, 2.24) is 5.32 Å². The van der Waals surface area contributed by atoms with Crippen molar-refractivity contribution in [3.05, 3.63) is 64.0 Å². The number of urea groups is 1. The molecule has 1 N–H and O–H groups in total. The SMILES string of the molecule is O=C(OCc1sc2ccccc2c1Cl)c1cccc(N2CCNC2=O)c1. The number of esters is 1. The Labute approximate surface area is 159 Å². The maximum atomic E-state index is 12.4. The van der Waals surface area contributed by atoms with Crippen molar-refractivity contribution in [1.29, 1.82) is 0 Å². The highest BCUT2D eigenvalue weighted by Crippen LogP contribution is 2.35. The third kappa shape index (κ3) is 3.13. The Morgan fingerprint density at radius 1 is 1.23 bits per heavy atom. The predicted octanol–water partition coefficient (Wildman–Crippen LogP) is 4.44. The van der Waals surface area contributed by atoms with Crippen LogP contribution in [0.5, 0.6) is 0 Å². The molecule has 0 unspecified atom stereocenters. The highest BCUT2D eigenvalue weighted by Gasteiger charge is 2.22. The summed E-state index contributed by atoms with van der Waals surface area (Å²) in [6.45, 7) is 1.29. The van der Waals surface area contributed by atoms with Crippen molar-refractivity contribution in [2.24, 2.45) is 0 Å². The molecule has 2 heterocycles. The lowest BCUT2D eigenvalue weighted by atomic mass is 10.2. The number of nitrogens with zero attached hydrogens (tertiary/aromatic N) is 1. The molecular formula is C19H15ClN2O3S. The van der Waals surface area contributed by atoms with E-state index in [9.17, 15) is 9.59 Å². The van der Waals surface area contributed by atoms with Gasteiger partial charge in [0.25, 0.3) is 0 Å². The smallest absolute Gasteiger partial charge is 0.338 e. The molecule has 0 radical (unpaired) electrons. The number of rotatable bonds is 4. The van der Waals surface area contributed by atoms with E-state index >= 15 is 0 Å². The molecule has 1 saturated heterocycles. The second-order valence-corrected chi connectivity index (χ2v) is 7.36. The fourth-order valence-electron chi connectivity index (χ4n) is 2.89. The summed E-state index contributed by atoms with van der Waals surface area (Å²) >= 11 is 7.90. The number of benzene rings is 2. The molecule has 1 aliphatic heterocycles. The monoisotopic (exact) mass is 386 g/mol. The van der Waals surface area contributed by atoms with Gasteiger partial charge in [-0.25, -0.2) is 9.59 Å². The standard InChI is InChI=1S/C19H15ClN2O3S/c20-17-14-6-1-2-7-15(14)26-16(17)11-25-18(23)12-4-3-5-13(10-12)22-9-8-21-19(22)24/h1-7,10H,8-9,11H2,(H,21,24). The number of hydrogen-bond acceptors (Lipinski definition) is 4. The third-order valence-corrected chi connectivity index (χ3v) is 5.87. The van der Waals surface area contributed by atoms with Gasteiger partial charge in [0.1, 0.15) is 6.61 Å². The van der Waals surface area contributed by atoms with Gasteiger partial charge in [-0.2, -0.15) is 0 Å². The van der Waals surface area contributed by atoms with Crippen LogP contribution in [0.4, 0.5) is 10.5 Å². The molecule has 0 bridgehead atoms. The molecular weight excluding hydrogens is 372 g/mol. The number of halogens is 1. The van der Waals surface area contributed by atoms with Crippen LogP contribution in [0.3, 0.4) is 0 Å². The van der Waals surface area contributed by atoms with Crippen molar-refractivity contribution in [3.8, 4) is 0 Å². The average molecular weight is 387 g/mol. The van der Waals surface area contributed by atoms with Gasteiger partial charge in [0.2, 0.25) is 0 Å². The number of thiophene rings is 1. The van der Waals surface area contributed by atoms with Gasteiger partial charge in [-0.1, -0.05) is 35.9 Å². The Bertz CT molecular complexity index is 1000. The zero-order valence-corrected chi connectivity index (χ0v) is 15.3. The van der Waals surface area contributed by atoms with E-state index in [2.05, 4.69) is 5.32 Å². The molecule has 1 aromatic heterocycles. The Morgan fingerprint density at radius 2 is 2.08 bits per heavy atom. The van der Waals surface area contributed by atoms with Crippen molar-refractivity contribution in [2.45, 2.75) is 6.61 Å². The first-order chi connectivity index (χ1) is 12.6. The van der Waals surface area contributed by atoms with Crippen LogP contribution in [0.25, 0.3) is 10.1 Å². The Hall–Kier alpha value is -2.57. The van der Waals surface area contributed by atoms with Crippen molar-refractivity contribution in [3.63, 3.8) is 0 Å². The molecule has 7 heteroatoms. The summed E-state index contributed by atoms with van der Waals surface area (Å²) in [4.78, 5) is 26.6. The van der Waals surface area contributed by atoms with Gasteiger partial charge in [-0.15, -0.1) is 11.3 Å². The molecule has 2 amide bonds. The van der Waals surface area contributed by atoms with Crippen LogP contribution in [0.1, 0.15) is 15.2 Å². The van der Waals surface area contributed by atoms with E-state index in [4.69, 9.17) is 16.3 Å². The van der Waals surface area contributed by atoms with Gasteiger partial charge in [-0.3, -0.25) is 4.90 Å². The molecule has 1 fully saturated rings. The minimum absolute atomic E-state index is 0.117. The normalized spacial score (nSPS) is 13.9. The van der Waals surface area contributed by atoms with E-state index in [0.29, 0.717) is 29.4 Å². The first-order valence-corrected chi connectivity index (χ1v) is 9.31. The molecule has 0 spiro atoms. The Balaban J connectivity index is 1.49. The number of anilines is 1. The highest BCUT2D eigenvalue weighted by atomic mass is 35.5. The summed E-state index contributed by atoms with van der Waals surface area (Å²) in [5.74, 6) is -0.444. The molecule has 1 aliphatic rings. The van der Waals surface area contributed by atoms with Gasteiger partial charge >= 0.3 is 12.0 Å². The summed E-state index contributed by atoms with van der Waals surface area (Å²) < 4.78 is 6.50. The van der Waals surface area contributed by atoms with Crippen LogP contribution >= 0.6 is 22.9 Å². The van der Waals surface area contributed by atoms with Crippen LogP contribution in [0, 0.1) is 0 Å². The summed E-state index contributed by atoms with van der Waals surface area (Å²) in [7, 11) is 0. The minimum Gasteiger partial charge on any atom is -0.456 e. The van der Waals surface area contributed by atoms with Crippen molar-refractivity contribution >= 4 is 50.7 Å². The fourth-order valence-corrected chi connectivity index (χ4v) is 4.29. The van der Waals surface area contributed by atoms with Crippen molar-refractivity contribution in [2.75, 3.05) is 18.0 Å². The molecule has 26 heavy (non-hydrogen) atoms. The van der Waals surface area contributed by atoms with Crippen LogP contribution < -0.4 is 10.2 Å². The van der Waals surface area contributed by atoms with E-state index in [1.54, 1.807) is 29.2 Å². The number of nitrogens with one attached hydrogen (secondary N) is 1. The van der Waals surface area contributed by atoms with Gasteiger partial charge in [0, 0.05) is 28.9 Å². The summed E-state index contributed by atoms with van der Waals surface area (Å²) in [6, 6.07) is 14.5. The maximum Gasteiger partial charge on any atom is 0.338 e. The quantitative estimate of drug-likeness (QED) is 0.674. The number of ether oxygens (including phenoxy) is 1. The number of fused-ring (bicyclic) bond motifs is 1. The molecule has 0 saturated carbocycles. The zero-order chi connectivity index (χ0) is 18.1. The summed E-state index contributed by atoms with van der Waals surface area (Å²) in [6.07, 6.45) is 0. The Morgan fingerprint density at radius 3 is 2.85 bits per heavy atom. The second-order valence-electron chi connectivity index (χ2n) is 5.85. The zero-order valence-electron chi connectivity index (χ0n) is 13.7. The largest absolute Gasteiger partial charge is 0.456 e. The first kappa shape index (κ1) is 16.9. The number of carbonyl (C=O) groups is 2. The average Bonchev–Trinajstić information content (AvgIpc) is 3.23. The van der Waals surface area contributed by atoms with E-state index in [-0.39, 0.29) is 12.6 Å². The Kier molecular flexibility index (Phi) is 4.53. The lowest BCUT2D eigenvalue weighted by Gasteiger charge is -2.14. The van der Waals surface area contributed by atoms with Crippen LogP contribution in [0.15, 0.2) is 48.5 Å². The second kappa shape index (κ2) is 6.97. The molecule has 2 aromatic carbocycles. The van der Waals surface area contributed by atoms with E-state index in [1.807, 2.05) is 24.3 Å². The van der Waals surface area contributed by atoms with E-state index in [1.165, 1.54) is 11.3 Å². The minimum atomic E-state index is -0.444. The lowest BCUT2D eigenvalue weighted by molar-refractivity contribution is 0.0477. The lowest BCUT2D eigenvalue weighted by Crippen LogP contribution is -2.27. The highest BCUT2D eigenvalue weighted by molar-refractivity contribution is 7.19. The van der Waals surface area contributed by atoms with Crippen LogP contribution in [-0.2, 0) is 11.3 Å².